The number of sulfonamides is 1. The molecule has 1 aliphatic heterocycles. The number of nitrogens with two attached hydrogens (primary N) is 1. The monoisotopic (exact) mass is 322 g/mol. The molecular formula is C14H18N4O3S. The Morgan fingerprint density at radius 2 is 2.23 bits per heavy atom. The van der Waals surface area contributed by atoms with Gasteiger partial charge < -0.3 is 10.2 Å². The summed E-state index contributed by atoms with van der Waals surface area (Å²) >= 11 is 0. The summed E-state index contributed by atoms with van der Waals surface area (Å²) < 4.78 is 22.4. The van der Waals surface area contributed by atoms with Gasteiger partial charge in [0.25, 0.3) is 0 Å². The Balaban J connectivity index is 2.31. The molecule has 22 heavy (non-hydrogen) atoms. The van der Waals surface area contributed by atoms with Crippen molar-refractivity contribution in [2.75, 3.05) is 29.1 Å². The molecule has 1 aromatic rings. The second kappa shape index (κ2) is 6.34. The molecule has 8 heteroatoms. The average Bonchev–Trinajstić information content (AvgIpc) is 2.78. The topological polar surface area (TPSA) is 116 Å². The van der Waals surface area contributed by atoms with Crippen molar-refractivity contribution in [1.29, 1.82) is 5.26 Å². The highest BCUT2D eigenvalue weighted by Gasteiger charge is 2.33. The van der Waals surface area contributed by atoms with Crippen LogP contribution in [-0.2, 0) is 14.8 Å². The van der Waals surface area contributed by atoms with E-state index in [0.29, 0.717) is 17.8 Å². The van der Waals surface area contributed by atoms with E-state index in [-0.39, 0.29) is 30.5 Å². The maximum absolute atomic E-state index is 12.2. The minimum Gasteiger partial charge on any atom is -0.384 e. The van der Waals surface area contributed by atoms with Gasteiger partial charge in [-0.1, -0.05) is 0 Å². The van der Waals surface area contributed by atoms with Crippen molar-refractivity contribution in [3.63, 3.8) is 0 Å². The lowest BCUT2D eigenvalue weighted by molar-refractivity contribution is -0.117. The number of hydrogen-bond donors (Lipinski definition) is 2. The smallest absolute Gasteiger partial charge is 0.227 e. The third-order valence-corrected chi connectivity index (χ3v) is 4.39. The zero-order valence-corrected chi connectivity index (χ0v) is 13.1. The van der Waals surface area contributed by atoms with Crippen molar-refractivity contribution in [3.8, 4) is 6.07 Å². The molecule has 1 unspecified atom stereocenters. The summed E-state index contributed by atoms with van der Waals surface area (Å²) in [6, 6.07) is 7.10. The van der Waals surface area contributed by atoms with Gasteiger partial charge >= 0.3 is 0 Å². The first kappa shape index (κ1) is 16.3. The van der Waals surface area contributed by atoms with Gasteiger partial charge in [-0.05, 0) is 25.1 Å². The molecule has 0 saturated carbocycles. The summed E-state index contributed by atoms with van der Waals surface area (Å²) in [5.41, 5.74) is 1.79. The Morgan fingerprint density at radius 1 is 1.50 bits per heavy atom. The Morgan fingerprint density at radius 3 is 2.82 bits per heavy atom. The molecule has 1 aromatic carbocycles. The van der Waals surface area contributed by atoms with Crippen LogP contribution < -0.4 is 15.4 Å². The third kappa shape index (κ3) is 3.75. The van der Waals surface area contributed by atoms with Gasteiger partial charge in [-0.15, -0.1) is 0 Å². The van der Waals surface area contributed by atoms with Gasteiger partial charge in [0.1, 0.15) is 0 Å². The molecule has 1 heterocycles. The lowest BCUT2D eigenvalue weighted by Crippen LogP contribution is -2.28. The number of hydrogen-bond acceptors (Lipinski definition) is 5. The maximum Gasteiger partial charge on any atom is 0.227 e. The maximum atomic E-state index is 12.2. The Hall–Kier alpha value is -2.11. The van der Waals surface area contributed by atoms with E-state index in [0.717, 1.165) is 5.69 Å². The number of carbonyl (C=O) groups excluding carboxylic acids is 1. The van der Waals surface area contributed by atoms with Crippen LogP contribution in [0.4, 0.5) is 11.4 Å². The van der Waals surface area contributed by atoms with E-state index in [1.807, 2.05) is 13.0 Å². The molecule has 3 N–H and O–H groups in total. The fraction of sp³-hybridized carbons (Fsp3) is 0.429. The van der Waals surface area contributed by atoms with E-state index in [1.165, 1.54) is 4.90 Å². The average molecular weight is 322 g/mol. The predicted molar refractivity (Wildman–Crippen MR) is 83.8 cm³/mol. The summed E-state index contributed by atoms with van der Waals surface area (Å²) in [5.74, 6) is -0.713. The van der Waals surface area contributed by atoms with Crippen LogP contribution >= 0.6 is 0 Å². The van der Waals surface area contributed by atoms with Gasteiger partial charge in [-0.2, -0.15) is 5.26 Å². The van der Waals surface area contributed by atoms with Crippen molar-refractivity contribution in [2.45, 2.75) is 13.3 Å². The fourth-order valence-corrected chi connectivity index (χ4v) is 3.50. The third-order valence-electron chi connectivity index (χ3n) is 3.46. The number of nitrogens with one attached hydrogen (secondary N) is 1. The van der Waals surface area contributed by atoms with Crippen LogP contribution in [0, 0.1) is 17.2 Å². The first-order valence-corrected chi connectivity index (χ1v) is 8.64. The number of amides is 1. The lowest BCUT2D eigenvalue weighted by atomic mass is 10.1. The Labute approximate surface area is 129 Å². The highest BCUT2D eigenvalue weighted by molar-refractivity contribution is 7.89. The zero-order valence-electron chi connectivity index (χ0n) is 12.2. The van der Waals surface area contributed by atoms with E-state index >= 15 is 0 Å². The molecule has 0 radical (unpaired) electrons. The van der Waals surface area contributed by atoms with Gasteiger partial charge in [0, 0.05) is 25.4 Å². The highest BCUT2D eigenvalue weighted by Crippen LogP contribution is 2.32. The van der Waals surface area contributed by atoms with Gasteiger partial charge in [0.05, 0.1) is 28.8 Å². The van der Waals surface area contributed by atoms with Crippen LogP contribution in [0.25, 0.3) is 0 Å². The standard InChI is InChI=1S/C14H18N4O3S/c1-2-17-12-4-3-10(7-15)5-13(12)18-8-11(6-14(18)19)9-22(16,20)21/h3-5,11,17H,2,6,8-9H2,1H3,(H2,16,20,21). The number of carbonyl (C=O) groups is 1. The molecule has 0 aliphatic carbocycles. The molecule has 7 nitrogen and oxygen atoms in total. The van der Waals surface area contributed by atoms with Gasteiger partial charge in [0.15, 0.2) is 0 Å². The SMILES string of the molecule is CCNc1ccc(C#N)cc1N1CC(CS(N)(=O)=O)CC1=O. The minimum absolute atomic E-state index is 0.138. The number of nitriles is 1. The molecule has 0 bridgehead atoms. The minimum atomic E-state index is -3.62. The van der Waals surface area contributed by atoms with Crippen molar-refractivity contribution >= 4 is 27.3 Å². The van der Waals surface area contributed by atoms with Crippen molar-refractivity contribution in [2.24, 2.45) is 11.1 Å². The quantitative estimate of drug-likeness (QED) is 0.825. The number of nitrogens with zero attached hydrogens (tertiary/aromatic N) is 2. The largest absolute Gasteiger partial charge is 0.384 e. The molecule has 1 fully saturated rings. The van der Waals surface area contributed by atoms with Crippen molar-refractivity contribution in [3.05, 3.63) is 23.8 Å². The summed E-state index contributed by atoms with van der Waals surface area (Å²) in [7, 11) is -3.62. The molecule has 0 spiro atoms. The Bertz CT molecular complexity index is 724. The van der Waals surface area contributed by atoms with Crippen LogP contribution in [-0.4, -0.2) is 33.2 Å². The van der Waals surface area contributed by atoms with Crippen molar-refractivity contribution < 1.29 is 13.2 Å². The molecule has 1 atom stereocenters. The van der Waals surface area contributed by atoms with E-state index in [2.05, 4.69) is 5.32 Å². The van der Waals surface area contributed by atoms with Crippen LogP contribution in [0.15, 0.2) is 18.2 Å². The van der Waals surface area contributed by atoms with Crippen LogP contribution in [0.2, 0.25) is 0 Å². The number of primary sulfonamides is 1. The van der Waals surface area contributed by atoms with E-state index in [9.17, 15) is 13.2 Å². The predicted octanol–water partition coefficient (Wildman–Crippen LogP) is 0.631. The second-order valence-electron chi connectivity index (χ2n) is 5.28. The van der Waals surface area contributed by atoms with E-state index in [1.54, 1.807) is 18.2 Å². The summed E-state index contributed by atoms with van der Waals surface area (Å²) in [6.45, 7) is 2.88. The first-order chi connectivity index (χ1) is 10.3. The fourth-order valence-electron chi connectivity index (χ4n) is 2.62. The van der Waals surface area contributed by atoms with Crippen molar-refractivity contribution in [1.82, 2.24) is 0 Å². The summed E-state index contributed by atoms with van der Waals surface area (Å²) in [6.07, 6.45) is 0.138. The van der Waals surface area contributed by atoms with Crippen LogP contribution in [0.5, 0.6) is 0 Å². The van der Waals surface area contributed by atoms with E-state index in [4.69, 9.17) is 10.4 Å². The Kier molecular flexibility index (Phi) is 4.68. The van der Waals surface area contributed by atoms with E-state index < -0.39 is 10.0 Å². The van der Waals surface area contributed by atoms with Gasteiger partial charge in [-0.25, -0.2) is 13.6 Å². The summed E-state index contributed by atoms with van der Waals surface area (Å²) in [4.78, 5) is 13.7. The summed E-state index contributed by atoms with van der Waals surface area (Å²) in [5, 5.41) is 17.2. The highest BCUT2D eigenvalue weighted by atomic mass is 32.2. The molecule has 2 rings (SSSR count). The zero-order chi connectivity index (χ0) is 16.3. The normalized spacial score (nSPS) is 18.3. The number of benzene rings is 1. The van der Waals surface area contributed by atoms with Crippen LogP contribution in [0.1, 0.15) is 18.9 Å². The lowest BCUT2D eigenvalue weighted by Gasteiger charge is -2.21. The molecule has 118 valence electrons. The number of rotatable bonds is 5. The molecule has 1 aliphatic rings. The van der Waals surface area contributed by atoms with Crippen LogP contribution in [0.3, 0.4) is 0 Å². The molecule has 0 aromatic heterocycles. The van der Waals surface area contributed by atoms with Gasteiger partial charge in [-0.3, -0.25) is 4.79 Å². The second-order valence-corrected chi connectivity index (χ2v) is 6.94. The van der Waals surface area contributed by atoms with Gasteiger partial charge in [0.2, 0.25) is 15.9 Å². The molecule has 1 saturated heterocycles. The first-order valence-electron chi connectivity index (χ1n) is 6.93. The number of anilines is 2. The molecule has 1 amide bonds. The molecular weight excluding hydrogens is 304 g/mol.